The first-order chi connectivity index (χ1) is 13.9. The molecule has 0 aliphatic carbocycles. The highest BCUT2D eigenvalue weighted by Crippen LogP contribution is 2.28. The first-order valence-electron chi connectivity index (χ1n) is 8.62. The maximum absolute atomic E-state index is 13.1. The molecule has 6 nitrogen and oxygen atoms in total. The van der Waals surface area contributed by atoms with Crippen molar-refractivity contribution < 1.29 is 18.7 Å². The van der Waals surface area contributed by atoms with Crippen molar-refractivity contribution >= 4 is 28.9 Å². The van der Waals surface area contributed by atoms with Gasteiger partial charge in [0.1, 0.15) is 15.7 Å². The number of benzene rings is 2. The molecule has 0 unspecified atom stereocenters. The van der Waals surface area contributed by atoms with Crippen LogP contribution >= 0.6 is 11.3 Å². The number of ether oxygens (including phenoxy) is 1. The Hall–Kier alpha value is -3.57. The SMILES string of the molecule is Cc1nc(-c2ccc(F)cc2)sc1C(=O)O[C@H](C)C(=O)Nc1cccc(C#N)c1. The predicted molar refractivity (Wildman–Crippen MR) is 107 cm³/mol. The molecule has 0 radical (unpaired) electrons. The number of nitrogens with one attached hydrogen (secondary N) is 1. The normalized spacial score (nSPS) is 11.4. The Labute approximate surface area is 170 Å². The summed E-state index contributed by atoms with van der Waals surface area (Å²) < 4.78 is 18.4. The number of halogens is 1. The van der Waals surface area contributed by atoms with Gasteiger partial charge in [-0.05, 0) is 56.3 Å². The van der Waals surface area contributed by atoms with Crippen LogP contribution in [0.3, 0.4) is 0 Å². The summed E-state index contributed by atoms with van der Waals surface area (Å²) in [4.78, 5) is 29.4. The Morgan fingerprint density at radius 3 is 2.66 bits per heavy atom. The zero-order chi connectivity index (χ0) is 21.0. The number of aryl methyl sites for hydroxylation is 1. The Bertz CT molecular complexity index is 1100. The van der Waals surface area contributed by atoms with Gasteiger partial charge in [-0.25, -0.2) is 14.2 Å². The van der Waals surface area contributed by atoms with Crippen molar-refractivity contribution in [1.82, 2.24) is 4.98 Å². The Morgan fingerprint density at radius 2 is 1.97 bits per heavy atom. The lowest BCUT2D eigenvalue weighted by molar-refractivity contribution is -0.123. The van der Waals surface area contributed by atoms with Crippen molar-refractivity contribution in [2.75, 3.05) is 5.32 Å². The number of aromatic nitrogens is 1. The van der Waals surface area contributed by atoms with Gasteiger partial charge < -0.3 is 10.1 Å². The Morgan fingerprint density at radius 1 is 1.24 bits per heavy atom. The average molecular weight is 409 g/mol. The molecule has 1 N–H and O–H groups in total. The summed E-state index contributed by atoms with van der Waals surface area (Å²) in [5.74, 6) is -1.54. The molecule has 0 saturated heterocycles. The van der Waals surface area contributed by atoms with E-state index in [1.807, 2.05) is 6.07 Å². The molecule has 0 fully saturated rings. The van der Waals surface area contributed by atoms with Gasteiger partial charge in [0.05, 0.1) is 17.3 Å². The second-order valence-corrected chi connectivity index (χ2v) is 7.17. The minimum Gasteiger partial charge on any atom is -0.448 e. The predicted octanol–water partition coefficient (Wildman–Crippen LogP) is 4.31. The summed E-state index contributed by atoms with van der Waals surface area (Å²) in [7, 11) is 0. The molecule has 29 heavy (non-hydrogen) atoms. The van der Waals surface area contributed by atoms with Crippen LogP contribution in [0.2, 0.25) is 0 Å². The van der Waals surface area contributed by atoms with Crippen LogP contribution in [0.15, 0.2) is 48.5 Å². The van der Waals surface area contributed by atoms with E-state index in [-0.39, 0.29) is 10.7 Å². The van der Waals surface area contributed by atoms with Gasteiger partial charge in [-0.1, -0.05) is 6.07 Å². The van der Waals surface area contributed by atoms with E-state index in [0.717, 1.165) is 11.3 Å². The molecule has 1 heterocycles. The quantitative estimate of drug-likeness (QED) is 0.634. The topological polar surface area (TPSA) is 92.1 Å². The Kier molecular flexibility index (Phi) is 6.00. The minimum atomic E-state index is -1.05. The van der Waals surface area contributed by atoms with Gasteiger partial charge in [0.2, 0.25) is 0 Å². The number of anilines is 1. The van der Waals surface area contributed by atoms with E-state index in [1.165, 1.54) is 25.1 Å². The number of hydrogen-bond donors (Lipinski definition) is 1. The molecule has 0 spiro atoms. The third kappa shape index (κ3) is 4.83. The Balaban J connectivity index is 1.68. The van der Waals surface area contributed by atoms with E-state index in [9.17, 15) is 14.0 Å². The molecule has 0 aliphatic heterocycles. The highest BCUT2D eigenvalue weighted by atomic mass is 32.1. The number of rotatable bonds is 5. The number of nitrogens with zero attached hydrogens (tertiary/aromatic N) is 2. The van der Waals surface area contributed by atoms with Crippen LogP contribution in [-0.2, 0) is 9.53 Å². The lowest BCUT2D eigenvalue weighted by atomic mass is 10.2. The number of hydrogen-bond acceptors (Lipinski definition) is 6. The molecule has 1 amide bonds. The largest absolute Gasteiger partial charge is 0.448 e. The van der Waals surface area contributed by atoms with Crippen LogP contribution in [0.4, 0.5) is 10.1 Å². The summed E-state index contributed by atoms with van der Waals surface area (Å²) in [5, 5.41) is 12.1. The van der Waals surface area contributed by atoms with Crippen molar-refractivity contribution in [3.63, 3.8) is 0 Å². The number of carbonyl (C=O) groups is 2. The number of thiazole rings is 1. The highest BCUT2D eigenvalue weighted by molar-refractivity contribution is 7.17. The first-order valence-corrected chi connectivity index (χ1v) is 9.44. The van der Waals surface area contributed by atoms with Gasteiger partial charge >= 0.3 is 5.97 Å². The van der Waals surface area contributed by atoms with E-state index in [2.05, 4.69) is 10.3 Å². The van der Waals surface area contributed by atoms with Crippen molar-refractivity contribution in [3.8, 4) is 16.6 Å². The second-order valence-electron chi connectivity index (χ2n) is 6.17. The lowest BCUT2D eigenvalue weighted by Crippen LogP contribution is -2.30. The first kappa shape index (κ1) is 20.2. The number of nitriles is 1. The van der Waals surface area contributed by atoms with Crippen molar-refractivity contribution in [2.45, 2.75) is 20.0 Å². The van der Waals surface area contributed by atoms with Crippen LogP contribution in [-0.4, -0.2) is 23.0 Å². The fraction of sp³-hybridized carbons (Fsp3) is 0.143. The van der Waals surface area contributed by atoms with Crippen LogP contribution in [0.5, 0.6) is 0 Å². The summed E-state index contributed by atoms with van der Waals surface area (Å²) in [6.45, 7) is 3.12. The van der Waals surface area contributed by atoms with Gasteiger partial charge in [0, 0.05) is 11.3 Å². The van der Waals surface area contributed by atoms with E-state index in [1.54, 1.807) is 37.3 Å². The zero-order valence-electron chi connectivity index (χ0n) is 15.6. The summed E-state index contributed by atoms with van der Waals surface area (Å²) in [6, 6.07) is 14.2. The third-order valence-electron chi connectivity index (χ3n) is 3.99. The molecule has 1 aromatic heterocycles. The van der Waals surface area contributed by atoms with E-state index in [4.69, 9.17) is 10.00 Å². The number of amides is 1. The summed E-state index contributed by atoms with van der Waals surface area (Å²) >= 11 is 1.11. The molecular formula is C21H16FN3O3S. The van der Waals surface area contributed by atoms with Crippen LogP contribution in [0.25, 0.3) is 10.6 Å². The van der Waals surface area contributed by atoms with Crippen LogP contribution in [0, 0.1) is 24.1 Å². The molecule has 0 aliphatic rings. The van der Waals surface area contributed by atoms with Gasteiger partial charge in [-0.15, -0.1) is 11.3 Å². The molecule has 3 rings (SSSR count). The third-order valence-corrected chi connectivity index (χ3v) is 5.17. The van der Waals surface area contributed by atoms with Crippen molar-refractivity contribution in [1.29, 1.82) is 5.26 Å². The fourth-order valence-electron chi connectivity index (χ4n) is 2.48. The maximum atomic E-state index is 13.1. The molecule has 3 aromatic rings. The second kappa shape index (κ2) is 8.63. The van der Waals surface area contributed by atoms with Gasteiger partial charge in [-0.2, -0.15) is 5.26 Å². The number of esters is 1. The average Bonchev–Trinajstić information content (AvgIpc) is 3.10. The van der Waals surface area contributed by atoms with Crippen LogP contribution in [0.1, 0.15) is 27.9 Å². The van der Waals surface area contributed by atoms with E-state index in [0.29, 0.717) is 27.5 Å². The monoisotopic (exact) mass is 409 g/mol. The van der Waals surface area contributed by atoms with Crippen LogP contribution < -0.4 is 5.32 Å². The number of carbonyl (C=O) groups excluding carboxylic acids is 2. The van der Waals surface area contributed by atoms with Gasteiger partial charge in [-0.3, -0.25) is 4.79 Å². The van der Waals surface area contributed by atoms with E-state index < -0.39 is 18.0 Å². The lowest BCUT2D eigenvalue weighted by Gasteiger charge is -2.13. The standard InChI is InChI=1S/C21H16FN3O3S/c1-12-18(29-20(24-12)15-6-8-16(22)9-7-15)21(27)28-13(2)19(26)25-17-5-3-4-14(10-17)11-23/h3-10,13H,1-2H3,(H,25,26)/t13-/m1/s1. The smallest absolute Gasteiger partial charge is 0.351 e. The fourth-order valence-corrected chi connectivity index (χ4v) is 3.43. The van der Waals surface area contributed by atoms with Gasteiger partial charge in [0.15, 0.2) is 6.10 Å². The minimum absolute atomic E-state index is 0.274. The molecule has 146 valence electrons. The van der Waals surface area contributed by atoms with Crippen molar-refractivity contribution in [2.24, 2.45) is 0 Å². The summed E-state index contributed by atoms with van der Waals surface area (Å²) in [6.07, 6.45) is -1.05. The highest BCUT2D eigenvalue weighted by Gasteiger charge is 2.23. The molecule has 0 saturated carbocycles. The molecule has 2 aromatic carbocycles. The molecular weight excluding hydrogens is 393 g/mol. The maximum Gasteiger partial charge on any atom is 0.351 e. The van der Waals surface area contributed by atoms with E-state index >= 15 is 0 Å². The zero-order valence-corrected chi connectivity index (χ0v) is 16.4. The molecule has 8 heteroatoms. The van der Waals surface area contributed by atoms with Gasteiger partial charge in [0.25, 0.3) is 5.91 Å². The molecule has 1 atom stereocenters. The molecule has 0 bridgehead atoms. The van der Waals surface area contributed by atoms with Crippen molar-refractivity contribution in [3.05, 3.63) is 70.5 Å². The summed E-state index contributed by atoms with van der Waals surface area (Å²) in [5.41, 5.74) is 1.99.